The number of anilines is 1. The molecule has 1 N–H and O–H groups in total. The second-order valence-electron chi connectivity index (χ2n) is 5.41. The van der Waals surface area contributed by atoms with Crippen LogP contribution in [-0.2, 0) is 4.79 Å². The Kier molecular flexibility index (Phi) is 6.62. The van der Waals surface area contributed by atoms with Crippen LogP contribution in [-0.4, -0.2) is 37.6 Å². The maximum atomic E-state index is 12.1. The van der Waals surface area contributed by atoms with Crippen LogP contribution in [0.15, 0.2) is 53.0 Å². The molecule has 0 aliphatic rings. The fourth-order valence-electron chi connectivity index (χ4n) is 2.12. The molecule has 0 radical (unpaired) electrons. The number of amides is 1. The van der Waals surface area contributed by atoms with Gasteiger partial charge in [0.1, 0.15) is 12.4 Å². The van der Waals surface area contributed by atoms with E-state index in [0.717, 1.165) is 21.5 Å². The van der Waals surface area contributed by atoms with Gasteiger partial charge < -0.3 is 10.1 Å². The first-order valence-electron chi connectivity index (χ1n) is 7.47. The molecule has 23 heavy (non-hydrogen) atoms. The number of aryl methyl sites for hydroxylation is 1. The molecule has 0 saturated carbocycles. The van der Waals surface area contributed by atoms with Crippen molar-refractivity contribution in [1.82, 2.24) is 4.90 Å². The summed E-state index contributed by atoms with van der Waals surface area (Å²) in [6.07, 6.45) is 0. The molecule has 0 spiro atoms. The van der Waals surface area contributed by atoms with Crippen molar-refractivity contribution >= 4 is 27.5 Å². The van der Waals surface area contributed by atoms with E-state index in [2.05, 4.69) is 21.2 Å². The van der Waals surface area contributed by atoms with Crippen LogP contribution in [0.2, 0.25) is 0 Å². The third kappa shape index (κ3) is 6.04. The summed E-state index contributed by atoms with van der Waals surface area (Å²) >= 11 is 3.42. The Balaban J connectivity index is 1.74. The number of para-hydroxylation sites is 1. The van der Waals surface area contributed by atoms with E-state index < -0.39 is 0 Å². The molecule has 2 aromatic carbocycles. The van der Waals surface area contributed by atoms with E-state index in [1.165, 1.54) is 0 Å². The minimum absolute atomic E-state index is 0.0300. The molecule has 0 heterocycles. The average molecular weight is 377 g/mol. The van der Waals surface area contributed by atoms with Gasteiger partial charge in [0.2, 0.25) is 5.91 Å². The van der Waals surface area contributed by atoms with E-state index in [1.54, 1.807) is 0 Å². The second kappa shape index (κ2) is 8.70. The molecular weight excluding hydrogens is 356 g/mol. The van der Waals surface area contributed by atoms with E-state index in [-0.39, 0.29) is 5.91 Å². The van der Waals surface area contributed by atoms with Gasteiger partial charge in [-0.2, -0.15) is 0 Å². The van der Waals surface area contributed by atoms with Gasteiger partial charge in [-0.15, -0.1) is 0 Å². The molecule has 5 heteroatoms. The fourth-order valence-corrected chi connectivity index (χ4v) is 2.59. The molecule has 0 saturated heterocycles. The van der Waals surface area contributed by atoms with Crippen LogP contribution in [0, 0.1) is 6.92 Å². The quantitative estimate of drug-likeness (QED) is 0.800. The summed E-state index contributed by atoms with van der Waals surface area (Å²) in [7, 11) is 1.91. The Morgan fingerprint density at radius 3 is 2.65 bits per heavy atom. The summed E-state index contributed by atoms with van der Waals surface area (Å²) in [5, 5.41) is 2.93. The summed E-state index contributed by atoms with van der Waals surface area (Å²) < 4.78 is 6.63. The molecule has 0 atom stereocenters. The van der Waals surface area contributed by atoms with Crippen molar-refractivity contribution in [1.29, 1.82) is 0 Å². The normalized spacial score (nSPS) is 10.6. The van der Waals surface area contributed by atoms with E-state index in [1.807, 2.05) is 67.4 Å². The third-order valence-electron chi connectivity index (χ3n) is 3.36. The van der Waals surface area contributed by atoms with Crippen LogP contribution in [0.4, 0.5) is 5.69 Å². The Morgan fingerprint density at radius 2 is 1.96 bits per heavy atom. The Morgan fingerprint density at radius 1 is 1.22 bits per heavy atom. The van der Waals surface area contributed by atoms with Crippen LogP contribution < -0.4 is 10.1 Å². The largest absolute Gasteiger partial charge is 0.492 e. The zero-order chi connectivity index (χ0) is 16.7. The number of carbonyl (C=O) groups is 1. The molecular formula is C18H21BrN2O2. The van der Waals surface area contributed by atoms with Crippen LogP contribution in [0.5, 0.6) is 5.75 Å². The van der Waals surface area contributed by atoms with Crippen molar-refractivity contribution in [3.8, 4) is 5.75 Å². The van der Waals surface area contributed by atoms with Crippen molar-refractivity contribution in [3.05, 3.63) is 58.6 Å². The highest BCUT2D eigenvalue weighted by atomic mass is 79.9. The predicted octanol–water partition coefficient (Wildman–Crippen LogP) is 3.71. The van der Waals surface area contributed by atoms with Gasteiger partial charge in [-0.1, -0.05) is 34.1 Å². The lowest BCUT2D eigenvalue weighted by atomic mass is 10.2. The van der Waals surface area contributed by atoms with Crippen LogP contribution in [0.1, 0.15) is 5.56 Å². The van der Waals surface area contributed by atoms with Gasteiger partial charge in [-0.3, -0.25) is 9.69 Å². The van der Waals surface area contributed by atoms with Crippen molar-refractivity contribution in [2.24, 2.45) is 0 Å². The van der Waals surface area contributed by atoms with Gasteiger partial charge in [-0.25, -0.2) is 0 Å². The maximum absolute atomic E-state index is 12.1. The van der Waals surface area contributed by atoms with Crippen molar-refractivity contribution < 1.29 is 9.53 Å². The minimum atomic E-state index is -0.0300. The average Bonchev–Trinajstić information content (AvgIpc) is 2.51. The Bertz CT molecular complexity index is 647. The highest BCUT2D eigenvalue weighted by molar-refractivity contribution is 9.10. The summed E-state index contributed by atoms with van der Waals surface area (Å²) in [5.41, 5.74) is 1.87. The lowest BCUT2D eigenvalue weighted by molar-refractivity contribution is -0.117. The summed E-state index contributed by atoms with van der Waals surface area (Å²) in [5.74, 6) is 0.813. The zero-order valence-electron chi connectivity index (χ0n) is 13.4. The molecule has 0 aromatic heterocycles. The van der Waals surface area contributed by atoms with Crippen LogP contribution >= 0.6 is 15.9 Å². The highest BCUT2D eigenvalue weighted by Gasteiger charge is 2.08. The first-order valence-corrected chi connectivity index (χ1v) is 8.26. The van der Waals surface area contributed by atoms with Crippen LogP contribution in [0.25, 0.3) is 0 Å². The summed E-state index contributed by atoms with van der Waals surface area (Å²) in [6.45, 7) is 3.53. The summed E-state index contributed by atoms with van der Waals surface area (Å²) in [4.78, 5) is 14.0. The SMILES string of the molecule is Cc1cc(Br)ccc1NC(=O)CN(C)CCOc1ccccc1. The second-order valence-corrected chi connectivity index (χ2v) is 6.32. The molecule has 0 bridgehead atoms. The summed E-state index contributed by atoms with van der Waals surface area (Å²) in [6, 6.07) is 15.5. The van der Waals surface area contributed by atoms with E-state index in [0.29, 0.717) is 19.7 Å². The molecule has 2 aromatic rings. The molecule has 122 valence electrons. The van der Waals surface area contributed by atoms with Gasteiger partial charge >= 0.3 is 0 Å². The fraction of sp³-hybridized carbons (Fsp3) is 0.278. The van der Waals surface area contributed by atoms with Gasteiger partial charge in [0.05, 0.1) is 6.54 Å². The van der Waals surface area contributed by atoms with E-state index in [4.69, 9.17) is 4.74 Å². The number of nitrogens with one attached hydrogen (secondary N) is 1. The molecule has 0 unspecified atom stereocenters. The van der Waals surface area contributed by atoms with Gasteiger partial charge in [0, 0.05) is 16.7 Å². The molecule has 0 aliphatic heterocycles. The Labute approximate surface area is 145 Å². The lowest BCUT2D eigenvalue weighted by Gasteiger charge is -2.17. The maximum Gasteiger partial charge on any atom is 0.238 e. The number of likely N-dealkylation sites (N-methyl/N-ethyl adjacent to an activating group) is 1. The lowest BCUT2D eigenvalue weighted by Crippen LogP contribution is -2.33. The number of carbonyl (C=O) groups excluding carboxylic acids is 1. The molecule has 1 amide bonds. The van der Waals surface area contributed by atoms with Crippen molar-refractivity contribution in [2.45, 2.75) is 6.92 Å². The molecule has 0 aliphatic carbocycles. The molecule has 0 fully saturated rings. The third-order valence-corrected chi connectivity index (χ3v) is 3.85. The van der Waals surface area contributed by atoms with Gasteiger partial charge in [0.15, 0.2) is 0 Å². The van der Waals surface area contributed by atoms with Gasteiger partial charge in [0.25, 0.3) is 0 Å². The Hall–Kier alpha value is -1.85. The minimum Gasteiger partial charge on any atom is -0.492 e. The van der Waals surface area contributed by atoms with Crippen LogP contribution in [0.3, 0.4) is 0 Å². The standard InChI is InChI=1S/C18H21BrN2O2/c1-14-12-15(19)8-9-17(14)20-18(22)13-21(2)10-11-23-16-6-4-3-5-7-16/h3-9,12H,10-11,13H2,1-2H3,(H,20,22). The number of hydrogen-bond acceptors (Lipinski definition) is 3. The van der Waals surface area contributed by atoms with Crippen molar-refractivity contribution in [2.75, 3.05) is 32.1 Å². The molecule has 2 rings (SSSR count). The molecule has 4 nitrogen and oxygen atoms in total. The number of halogens is 1. The predicted molar refractivity (Wildman–Crippen MR) is 96.9 cm³/mol. The topological polar surface area (TPSA) is 41.6 Å². The van der Waals surface area contributed by atoms with E-state index in [9.17, 15) is 4.79 Å². The number of hydrogen-bond donors (Lipinski definition) is 1. The first-order chi connectivity index (χ1) is 11.0. The van der Waals surface area contributed by atoms with E-state index >= 15 is 0 Å². The highest BCUT2D eigenvalue weighted by Crippen LogP contribution is 2.19. The number of rotatable bonds is 7. The zero-order valence-corrected chi connectivity index (χ0v) is 15.0. The number of benzene rings is 2. The number of ether oxygens (including phenoxy) is 1. The van der Waals surface area contributed by atoms with Crippen molar-refractivity contribution in [3.63, 3.8) is 0 Å². The smallest absolute Gasteiger partial charge is 0.238 e. The van der Waals surface area contributed by atoms with Gasteiger partial charge in [-0.05, 0) is 49.9 Å². The number of nitrogens with zero attached hydrogens (tertiary/aromatic N) is 1. The monoisotopic (exact) mass is 376 g/mol. The first kappa shape index (κ1) is 17.5.